The molecule has 1 heterocycles. The van der Waals surface area contributed by atoms with E-state index in [0.29, 0.717) is 12.0 Å². The average molecular weight is 339 g/mol. The average Bonchev–Trinajstić information content (AvgIpc) is 2.55. The van der Waals surface area contributed by atoms with E-state index in [1.807, 2.05) is 0 Å². The molecule has 0 spiro atoms. The third-order valence-electron chi connectivity index (χ3n) is 5.12. The molecule has 5 nitrogen and oxygen atoms in total. The van der Waals surface area contributed by atoms with Crippen molar-refractivity contribution in [2.45, 2.75) is 71.4 Å². The first-order valence-corrected chi connectivity index (χ1v) is 10.0. The molecule has 0 aromatic rings. The second-order valence-electron chi connectivity index (χ2n) is 8.03. The molecule has 140 valence electrons. The SMILES string of the molecule is CCNC(=NCC1CCCN(CC(C)C)C1)NC1CCC(O)CC1. The molecule has 1 unspecified atom stereocenters. The van der Waals surface area contributed by atoms with Gasteiger partial charge in [-0.1, -0.05) is 13.8 Å². The maximum atomic E-state index is 9.65. The Labute approximate surface area is 148 Å². The van der Waals surface area contributed by atoms with Crippen LogP contribution in [0.15, 0.2) is 4.99 Å². The maximum absolute atomic E-state index is 9.65. The summed E-state index contributed by atoms with van der Waals surface area (Å²) in [6.45, 7) is 12.2. The molecule has 1 aliphatic carbocycles. The number of nitrogens with zero attached hydrogens (tertiary/aromatic N) is 2. The van der Waals surface area contributed by atoms with Crippen LogP contribution in [0.25, 0.3) is 0 Å². The quantitative estimate of drug-likeness (QED) is 0.513. The molecule has 5 heteroatoms. The van der Waals surface area contributed by atoms with Crippen molar-refractivity contribution in [1.82, 2.24) is 15.5 Å². The van der Waals surface area contributed by atoms with Gasteiger partial charge in [-0.3, -0.25) is 4.99 Å². The van der Waals surface area contributed by atoms with Crippen molar-refractivity contribution in [3.8, 4) is 0 Å². The summed E-state index contributed by atoms with van der Waals surface area (Å²) in [5, 5.41) is 16.6. The number of likely N-dealkylation sites (tertiary alicyclic amines) is 1. The van der Waals surface area contributed by atoms with Gasteiger partial charge in [0.1, 0.15) is 0 Å². The summed E-state index contributed by atoms with van der Waals surface area (Å²) in [4.78, 5) is 7.48. The predicted octanol–water partition coefficient (Wildman–Crippen LogP) is 2.21. The van der Waals surface area contributed by atoms with E-state index in [2.05, 4.69) is 36.3 Å². The molecule has 2 rings (SSSR count). The largest absolute Gasteiger partial charge is 0.393 e. The van der Waals surface area contributed by atoms with Crippen molar-refractivity contribution < 1.29 is 5.11 Å². The molecule has 0 aromatic carbocycles. The highest BCUT2D eigenvalue weighted by molar-refractivity contribution is 5.80. The van der Waals surface area contributed by atoms with Gasteiger partial charge in [-0.25, -0.2) is 0 Å². The highest BCUT2D eigenvalue weighted by Crippen LogP contribution is 2.19. The van der Waals surface area contributed by atoms with Gasteiger partial charge in [0, 0.05) is 32.2 Å². The van der Waals surface area contributed by atoms with Crippen molar-refractivity contribution in [2.24, 2.45) is 16.8 Å². The summed E-state index contributed by atoms with van der Waals surface area (Å²) in [7, 11) is 0. The minimum absolute atomic E-state index is 0.100. The molecule has 24 heavy (non-hydrogen) atoms. The third kappa shape index (κ3) is 6.98. The highest BCUT2D eigenvalue weighted by atomic mass is 16.3. The number of hydrogen-bond donors (Lipinski definition) is 3. The molecule has 0 amide bonds. The Morgan fingerprint density at radius 2 is 1.96 bits per heavy atom. The van der Waals surface area contributed by atoms with E-state index in [9.17, 15) is 5.11 Å². The Balaban J connectivity index is 1.81. The Morgan fingerprint density at radius 1 is 1.21 bits per heavy atom. The van der Waals surface area contributed by atoms with E-state index in [-0.39, 0.29) is 6.10 Å². The molecule has 0 aromatic heterocycles. The molecular formula is C19H38N4O. The Kier molecular flexibility index (Phi) is 8.33. The molecule has 1 saturated carbocycles. The van der Waals surface area contributed by atoms with Crippen LogP contribution in [0.5, 0.6) is 0 Å². The summed E-state index contributed by atoms with van der Waals surface area (Å²) in [6, 6.07) is 0.454. The molecule has 1 atom stereocenters. The van der Waals surface area contributed by atoms with Crippen molar-refractivity contribution in [1.29, 1.82) is 0 Å². The first-order chi connectivity index (χ1) is 11.6. The third-order valence-corrected chi connectivity index (χ3v) is 5.12. The lowest BCUT2D eigenvalue weighted by molar-refractivity contribution is 0.120. The van der Waals surface area contributed by atoms with Gasteiger partial charge < -0.3 is 20.6 Å². The Hall–Kier alpha value is -0.810. The van der Waals surface area contributed by atoms with Gasteiger partial charge in [0.25, 0.3) is 0 Å². The fourth-order valence-corrected chi connectivity index (χ4v) is 3.94. The summed E-state index contributed by atoms with van der Waals surface area (Å²) < 4.78 is 0. The lowest BCUT2D eigenvalue weighted by Gasteiger charge is -2.33. The van der Waals surface area contributed by atoms with Gasteiger partial charge in [-0.15, -0.1) is 0 Å². The maximum Gasteiger partial charge on any atom is 0.191 e. The minimum atomic E-state index is -0.100. The summed E-state index contributed by atoms with van der Waals surface area (Å²) in [5.74, 6) is 2.38. The standard InChI is InChI=1S/C19H38N4O/c1-4-20-19(22-17-7-9-18(24)10-8-17)21-12-16-6-5-11-23(14-16)13-15(2)3/h15-18,24H,4-14H2,1-3H3,(H2,20,21,22). The van der Waals surface area contributed by atoms with Crippen LogP contribution in [0.2, 0.25) is 0 Å². The fraction of sp³-hybridized carbons (Fsp3) is 0.947. The topological polar surface area (TPSA) is 59.9 Å². The van der Waals surface area contributed by atoms with E-state index >= 15 is 0 Å². The van der Waals surface area contributed by atoms with E-state index in [4.69, 9.17) is 4.99 Å². The number of aliphatic hydroxyl groups excluding tert-OH is 1. The monoisotopic (exact) mass is 338 g/mol. The van der Waals surface area contributed by atoms with Crippen LogP contribution >= 0.6 is 0 Å². The Bertz CT molecular complexity index is 378. The molecular weight excluding hydrogens is 300 g/mol. The number of hydrogen-bond acceptors (Lipinski definition) is 3. The molecule has 2 fully saturated rings. The van der Waals surface area contributed by atoms with Crippen molar-refractivity contribution in [3.63, 3.8) is 0 Å². The number of aliphatic hydroxyl groups is 1. The number of rotatable bonds is 6. The molecule has 0 radical (unpaired) electrons. The van der Waals surface area contributed by atoms with Crippen LogP contribution in [-0.2, 0) is 0 Å². The van der Waals surface area contributed by atoms with Crippen LogP contribution in [0.1, 0.15) is 59.3 Å². The zero-order valence-electron chi connectivity index (χ0n) is 15.9. The van der Waals surface area contributed by atoms with Crippen molar-refractivity contribution in [2.75, 3.05) is 32.7 Å². The minimum Gasteiger partial charge on any atom is -0.393 e. The van der Waals surface area contributed by atoms with Gasteiger partial charge in [-0.05, 0) is 63.8 Å². The van der Waals surface area contributed by atoms with Crippen LogP contribution in [0.4, 0.5) is 0 Å². The van der Waals surface area contributed by atoms with Gasteiger partial charge in [-0.2, -0.15) is 0 Å². The number of nitrogens with one attached hydrogen (secondary N) is 2. The zero-order chi connectivity index (χ0) is 17.4. The van der Waals surface area contributed by atoms with E-state index in [0.717, 1.165) is 50.7 Å². The lowest BCUT2D eigenvalue weighted by Crippen LogP contribution is -2.46. The smallest absolute Gasteiger partial charge is 0.191 e. The zero-order valence-corrected chi connectivity index (χ0v) is 15.9. The van der Waals surface area contributed by atoms with Gasteiger partial charge in [0.2, 0.25) is 0 Å². The highest BCUT2D eigenvalue weighted by Gasteiger charge is 2.22. The van der Waals surface area contributed by atoms with Crippen molar-refractivity contribution >= 4 is 5.96 Å². The van der Waals surface area contributed by atoms with Crippen LogP contribution < -0.4 is 10.6 Å². The van der Waals surface area contributed by atoms with Gasteiger partial charge in [0.15, 0.2) is 5.96 Å². The summed E-state index contributed by atoms with van der Waals surface area (Å²) in [6.07, 6.45) is 6.39. The second kappa shape index (κ2) is 10.2. The van der Waals surface area contributed by atoms with Gasteiger partial charge >= 0.3 is 0 Å². The van der Waals surface area contributed by atoms with Crippen LogP contribution in [-0.4, -0.2) is 60.8 Å². The van der Waals surface area contributed by atoms with E-state index < -0.39 is 0 Å². The molecule has 1 aliphatic heterocycles. The second-order valence-corrected chi connectivity index (χ2v) is 8.03. The fourth-order valence-electron chi connectivity index (χ4n) is 3.94. The summed E-state index contributed by atoms with van der Waals surface area (Å²) >= 11 is 0. The van der Waals surface area contributed by atoms with E-state index in [1.165, 1.54) is 32.5 Å². The van der Waals surface area contributed by atoms with E-state index in [1.54, 1.807) is 0 Å². The predicted molar refractivity (Wildman–Crippen MR) is 101 cm³/mol. The van der Waals surface area contributed by atoms with Crippen LogP contribution in [0, 0.1) is 11.8 Å². The number of piperidine rings is 1. The first-order valence-electron chi connectivity index (χ1n) is 10.0. The van der Waals surface area contributed by atoms with Crippen LogP contribution in [0.3, 0.4) is 0 Å². The van der Waals surface area contributed by atoms with Crippen molar-refractivity contribution in [3.05, 3.63) is 0 Å². The molecule has 3 N–H and O–H groups in total. The Morgan fingerprint density at radius 3 is 2.62 bits per heavy atom. The van der Waals surface area contributed by atoms with Gasteiger partial charge in [0.05, 0.1) is 6.10 Å². The molecule has 2 aliphatic rings. The number of aliphatic imine (C=N–C) groups is 1. The number of guanidine groups is 1. The first kappa shape index (κ1) is 19.5. The summed E-state index contributed by atoms with van der Waals surface area (Å²) in [5.41, 5.74) is 0. The lowest BCUT2D eigenvalue weighted by atomic mass is 9.93. The normalized spacial score (nSPS) is 29.7. The molecule has 0 bridgehead atoms. The molecule has 1 saturated heterocycles.